The molecule has 0 aromatic carbocycles. The summed E-state index contributed by atoms with van der Waals surface area (Å²) in [6.45, 7) is 5.56. The predicted octanol–water partition coefficient (Wildman–Crippen LogP) is 3.28. The number of hydrogen-bond acceptors (Lipinski definition) is 5. The summed E-state index contributed by atoms with van der Waals surface area (Å²) in [5.41, 5.74) is 1.48. The summed E-state index contributed by atoms with van der Waals surface area (Å²) < 4.78 is 4.73. The maximum absolute atomic E-state index is 12.8. The van der Waals surface area contributed by atoms with Gasteiger partial charge in [-0.05, 0) is 67.4 Å². The van der Waals surface area contributed by atoms with Crippen LogP contribution in [0.1, 0.15) is 52.9 Å². The van der Waals surface area contributed by atoms with Crippen LogP contribution in [-0.4, -0.2) is 28.9 Å². The summed E-state index contributed by atoms with van der Waals surface area (Å²) in [6.07, 6.45) is 10.4. The van der Waals surface area contributed by atoms with Gasteiger partial charge in [-0.2, -0.15) is 0 Å². The summed E-state index contributed by atoms with van der Waals surface area (Å²) in [7, 11) is 0. The highest BCUT2D eigenvalue weighted by atomic mass is 16.6. The molecular weight excluding hydrogens is 356 g/mol. The molecule has 6 atom stereocenters. The fourth-order valence-electron chi connectivity index (χ4n) is 6.49. The number of carbonyl (C=O) groups is 3. The fraction of sp³-hybridized carbons (Fsp3) is 0.609. The number of carbonyl (C=O) groups excluding carboxylic acids is 3. The smallest absolute Gasteiger partial charge is 0.305 e. The zero-order valence-electron chi connectivity index (χ0n) is 16.7. The van der Waals surface area contributed by atoms with E-state index in [2.05, 4.69) is 19.9 Å². The maximum Gasteiger partial charge on any atom is 0.305 e. The van der Waals surface area contributed by atoms with Gasteiger partial charge in [0.05, 0.1) is 0 Å². The molecule has 4 rings (SSSR count). The Hall–Kier alpha value is -2.01. The van der Waals surface area contributed by atoms with E-state index in [9.17, 15) is 19.5 Å². The van der Waals surface area contributed by atoms with Crippen LogP contribution in [0.25, 0.3) is 0 Å². The predicted molar refractivity (Wildman–Crippen MR) is 103 cm³/mol. The monoisotopic (exact) mass is 384 g/mol. The van der Waals surface area contributed by atoms with Crippen LogP contribution in [0.2, 0.25) is 0 Å². The number of allylic oxidation sites excluding steroid dienone is 5. The molecule has 4 aliphatic carbocycles. The molecule has 28 heavy (non-hydrogen) atoms. The first-order valence-corrected chi connectivity index (χ1v) is 10.2. The average molecular weight is 384 g/mol. The first-order chi connectivity index (χ1) is 13.2. The van der Waals surface area contributed by atoms with Crippen LogP contribution in [0.15, 0.2) is 35.5 Å². The summed E-state index contributed by atoms with van der Waals surface area (Å²) in [5, 5.41) is 10.0. The van der Waals surface area contributed by atoms with E-state index in [4.69, 9.17) is 4.74 Å². The Morgan fingerprint density at radius 1 is 1.25 bits per heavy atom. The van der Waals surface area contributed by atoms with Gasteiger partial charge in [-0.3, -0.25) is 14.4 Å². The third-order valence-corrected chi connectivity index (χ3v) is 7.90. The Bertz CT molecular complexity index is 834. The molecule has 0 aliphatic heterocycles. The first kappa shape index (κ1) is 19.3. The van der Waals surface area contributed by atoms with Gasteiger partial charge in [-0.1, -0.05) is 31.6 Å². The van der Waals surface area contributed by atoms with Crippen LogP contribution in [0.5, 0.6) is 0 Å². The molecule has 4 aliphatic rings. The molecule has 0 radical (unpaired) electrons. The molecule has 0 aromatic heterocycles. The highest BCUT2D eigenvalue weighted by Crippen LogP contribution is 2.64. The summed E-state index contributed by atoms with van der Waals surface area (Å²) >= 11 is 0. The van der Waals surface area contributed by atoms with Crippen LogP contribution in [0.3, 0.4) is 0 Å². The molecule has 1 unspecified atom stereocenters. The summed E-state index contributed by atoms with van der Waals surface area (Å²) in [5.74, 6) is 0.190. The van der Waals surface area contributed by atoms with E-state index in [-0.39, 0.29) is 16.6 Å². The molecule has 0 amide bonds. The van der Waals surface area contributed by atoms with Crippen LogP contribution >= 0.6 is 0 Å². The molecule has 0 heterocycles. The van der Waals surface area contributed by atoms with E-state index in [1.807, 2.05) is 12.2 Å². The number of aliphatic hydroxyl groups is 1. The molecule has 5 nitrogen and oxygen atoms in total. The van der Waals surface area contributed by atoms with Crippen LogP contribution < -0.4 is 0 Å². The molecule has 2 fully saturated rings. The SMILES string of the molecule is CC(=O)OC(O)C(=O)C1=CC[C@H]2[C@@H]3CCC4=CC(=O)C=C[C@]4(C)[C@H]3CC[C@]12C. The van der Waals surface area contributed by atoms with Gasteiger partial charge in [0.2, 0.25) is 5.78 Å². The second-order valence-electron chi connectivity index (χ2n) is 9.24. The van der Waals surface area contributed by atoms with Gasteiger partial charge in [0.1, 0.15) is 0 Å². The van der Waals surface area contributed by atoms with Gasteiger partial charge >= 0.3 is 5.97 Å². The van der Waals surface area contributed by atoms with E-state index in [1.54, 1.807) is 6.08 Å². The lowest BCUT2D eigenvalue weighted by atomic mass is 9.47. The van der Waals surface area contributed by atoms with Crippen molar-refractivity contribution in [1.82, 2.24) is 0 Å². The highest BCUT2D eigenvalue weighted by Gasteiger charge is 2.57. The lowest BCUT2D eigenvalue weighted by molar-refractivity contribution is -0.172. The van der Waals surface area contributed by atoms with E-state index in [0.29, 0.717) is 23.3 Å². The van der Waals surface area contributed by atoms with Gasteiger partial charge < -0.3 is 9.84 Å². The van der Waals surface area contributed by atoms with Gasteiger partial charge in [0.25, 0.3) is 6.29 Å². The second kappa shape index (κ2) is 6.51. The van der Waals surface area contributed by atoms with Crippen molar-refractivity contribution < 1.29 is 24.2 Å². The number of fused-ring (bicyclic) bond motifs is 5. The second-order valence-corrected chi connectivity index (χ2v) is 9.24. The van der Waals surface area contributed by atoms with Crippen molar-refractivity contribution in [2.75, 3.05) is 0 Å². The number of ether oxygens (including phenoxy) is 1. The van der Waals surface area contributed by atoms with Crippen molar-refractivity contribution in [3.05, 3.63) is 35.5 Å². The van der Waals surface area contributed by atoms with Crippen molar-refractivity contribution in [2.45, 2.75) is 59.2 Å². The van der Waals surface area contributed by atoms with Crippen molar-refractivity contribution in [2.24, 2.45) is 28.6 Å². The number of hydrogen-bond donors (Lipinski definition) is 1. The minimum absolute atomic E-state index is 0.0812. The molecule has 2 saturated carbocycles. The highest BCUT2D eigenvalue weighted by molar-refractivity contribution is 6.01. The topological polar surface area (TPSA) is 80.7 Å². The standard InChI is InChI=1S/C23H28O5/c1-13(24)28-21(27)20(26)19-7-6-17-16-5-4-14-12-15(25)8-10-22(14,2)18(16)9-11-23(17,19)3/h7-8,10,12,16-18,21,27H,4-6,9,11H2,1-3H3/t16-,17-,18-,21?,22-,23-/m0/s1. The van der Waals surface area contributed by atoms with Crippen molar-refractivity contribution in [3.8, 4) is 0 Å². The van der Waals surface area contributed by atoms with E-state index in [0.717, 1.165) is 32.1 Å². The quantitative estimate of drug-likeness (QED) is 0.597. The number of ketones is 2. The number of Topliss-reactive ketones (excluding diaryl/α,β-unsaturated/α-hetero) is 1. The van der Waals surface area contributed by atoms with Gasteiger partial charge in [-0.25, -0.2) is 0 Å². The van der Waals surface area contributed by atoms with Crippen molar-refractivity contribution in [3.63, 3.8) is 0 Å². The molecule has 5 heteroatoms. The minimum Gasteiger partial charge on any atom is -0.428 e. The van der Waals surface area contributed by atoms with Gasteiger partial charge in [0.15, 0.2) is 5.78 Å². The Morgan fingerprint density at radius 2 is 2.00 bits per heavy atom. The van der Waals surface area contributed by atoms with Crippen LogP contribution in [0.4, 0.5) is 0 Å². The zero-order valence-corrected chi connectivity index (χ0v) is 16.7. The van der Waals surface area contributed by atoms with Crippen LogP contribution in [-0.2, 0) is 19.1 Å². The zero-order chi connectivity index (χ0) is 20.3. The number of rotatable bonds is 3. The maximum atomic E-state index is 12.8. The lowest BCUT2D eigenvalue weighted by Crippen LogP contribution is -2.50. The van der Waals surface area contributed by atoms with Crippen molar-refractivity contribution in [1.29, 1.82) is 0 Å². The Morgan fingerprint density at radius 3 is 2.71 bits per heavy atom. The fourth-order valence-corrected chi connectivity index (χ4v) is 6.49. The van der Waals surface area contributed by atoms with E-state index < -0.39 is 18.0 Å². The number of aliphatic hydroxyl groups excluding tert-OH is 1. The lowest BCUT2D eigenvalue weighted by Gasteiger charge is -2.56. The Labute approximate surface area is 165 Å². The number of esters is 1. The van der Waals surface area contributed by atoms with E-state index in [1.165, 1.54) is 12.5 Å². The summed E-state index contributed by atoms with van der Waals surface area (Å²) in [4.78, 5) is 35.7. The largest absolute Gasteiger partial charge is 0.428 e. The van der Waals surface area contributed by atoms with Gasteiger partial charge in [0, 0.05) is 17.9 Å². The molecule has 1 N–H and O–H groups in total. The molecule has 0 saturated heterocycles. The molecule has 0 aromatic rings. The normalized spacial score (nSPS) is 39.9. The average Bonchev–Trinajstić information content (AvgIpc) is 2.98. The third-order valence-electron chi connectivity index (χ3n) is 7.90. The van der Waals surface area contributed by atoms with Gasteiger partial charge in [-0.15, -0.1) is 0 Å². The first-order valence-electron chi connectivity index (χ1n) is 10.2. The molecule has 0 bridgehead atoms. The van der Waals surface area contributed by atoms with Crippen LogP contribution in [0, 0.1) is 28.6 Å². The Balaban J connectivity index is 1.59. The summed E-state index contributed by atoms with van der Waals surface area (Å²) in [6, 6.07) is 0. The molecule has 0 spiro atoms. The third kappa shape index (κ3) is 2.74. The molecule has 150 valence electrons. The van der Waals surface area contributed by atoms with Crippen molar-refractivity contribution >= 4 is 17.5 Å². The minimum atomic E-state index is -1.72. The Kier molecular flexibility index (Phi) is 4.49. The van der Waals surface area contributed by atoms with E-state index >= 15 is 0 Å². The molecular formula is C23H28O5.